The fraction of sp³-hybridized carbons (Fsp3) is 0.320. The third-order valence-corrected chi connectivity index (χ3v) is 7.18. The van der Waals surface area contributed by atoms with E-state index in [-0.39, 0.29) is 0 Å². The van der Waals surface area contributed by atoms with E-state index in [1.54, 1.807) is 18.4 Å². The molecule has 2 aromatic carbocycles. The lowest BCUT2D eigenvalue weighted by Gasteiger charge is -2.22. The van der Waals surface area contributed by atoms with Crippen molar-refractivity contribution in [2.24, 2.45) is 5.73 Å². The van der Waals surface area contributed by atoms with Crippen LogP contribution in [0.3, 0.4) is 0 Å². The van der Waals surface area contributed by atoms with E-state index in [0.717, 1.165) is 32.5 Å². The number of rotatable bonds is 6. The molecule has 1 atom stereocenters. The van der Waals surface area contributed by atoms with Crippen molar-refractivity contribution < 1.29 is 4.74 Å². The molecule has 4 rings (SSSR count). The summed E-state index contributed by atoms with van der Waals surface area (Å²) >= 11 is 8.10. The van der Waals surface area contributed by atoms with E-state index in [9.17, 15) is 0 Å². The van der Waals surface area contributed by atoms with Crippen molar-refractivity contribution in [3.63, 3.8) is 0 Å². The molecule has 1 aliphatic rings. The average molecular weight is 437 g/mol. The van der Waals surface area contributed by atoms with Gasteiger partial charge in [0.25, 0.3) is 0 Å². The van der Waals surface area contributed by atoms with Crippen molar-refractivity contribution in [1.82, 2.24) is 4.98 Å². The number of terminal acetylenes is 1. The summed E-state index contributed by atoms with van der Waals surface area (Å²) < 4.78 is 5.38. The lowest BCUT2D eigenvalue weighted by Crippen LogP contribution is -2.37. The topological polar surface area (TPSA) is 48.1 Å². The van der Waals surface area contributed by atoms with Crippen molar-refractivity contribution in [1.29, 1.82) is 0 Å². The third-order valence-electron chi connectivity index (χ3n) is 5.72. The average Bonchev–Trinajstić information content (AvgIpc) is 3.51. The van der Waals surface area contributed by atoms with E-state index < -0.39 is 5.54 Å². The van der Waals surface area contributed by atoms with Gasteiger partial charge in [-0.25, -0.2) is 4.98 Å². The molecule has 1 heterocycles. The molecule has 0 bridgehead atoms. The van der Waals surface area contributed by atoms with Gasteiger partial charge in [0.1, 0.15) is 16.3 Å². The second-order valence-electron chi connectivity index (χ2n) is 7.99. The Morgan fingerprint density at radius 2 is 2.03 bits per heavy atom. The molecule has 5 heteroatoms. The molecule has 1 aliphatic carbocycles. The Balaban J connectivity index is 1.73. The van der Waals surface area contributed by atoms with Crippen LogP contribution in [0.1, 0.15) is 45.3 Å². The molecule has 0 amide bonds. The van der Waals surface area contributed by atoms with Gasteiger partial charge in [0, 0.05) is 16.9 Å². The molecule has 1 unspecified atom stereocenters. The van der Waals surface area contributed by atoms with Gasteiger partial charge in [-0.05, 0) is 61.4 Å². The van der Waals surface area contributed by atoms with E-state index in [0.29, 0.717) is 17.4 Å². The number of methoxy groups -OCH3 is 1. The van der Waals surface area contributed by atoms with Crippen LogP contribution in [0.2, 0.25) is 5.02 Å². The molecule has 0 spiro atoms. The first-order valence-corrected chi connectivity index (χ1v) is 11.2. The zero-order valence-corrected chi connectivity index (χ0v) is 19.0. The quantitative estimate of drug-likeness (QED) is 0.482. The molecule has 30 heavy (non-hydrogen) atoms. The van der Waals surface area contributed by atoms with Crippen LogP contribution in [0, 0.1) is 26.2 Å². The fourth-order valence-corrected chi connectivity index (χ4v) is 5.11. The summed E-state index contributed by atoms with van der Waals surface area (Å²) in [7, 11) is 1.64. The van der Waals surface area contributed by atoms with E-state index in [2.05, 4.69) is 30.2 Å². The Morgan fingerprint density at radius 1 is 1.30 bits per heavy atom. The molecule has 0 saturated heterocycles. The molecule has 0 radical (unpaired) electrons. The van der Waals surface area contributed by atoms with Crippen molar-refractivity contribution in [3.8, 4) is 29.4 Å². The Morgan fingerprint density at radius 3 is 2.70 bits per heavy atom. The number of thiazole rings is 1. The first-order chi connectivity index (χ1) is 14.4. The predicted octanol–water partition coefficient (Wildman–Crippen LogP) is 6.00. The molecule has 3 nitrogen and oxygen atoms in total. The van der Waals surface area contributed by atoms with E-state index in [4.69, 9.17) is 33.5 Å². The van der Waals surface area contributed by atoms with Crippen LogP contribution in [-0.2, 0) is 12.0 Å². The van der Waals surface area contributed by atoms with Gasteiger partial charge in [-0.3, -0.25) is 0 Å². The number of benzene rings is 2. The maximum absolute atomic E-state index is 6.77. The van der Waals surface area contributed by atoms with Crippen molar-refractivity contribution in [3.05, 3.63) is 68.0 Å². The standard InChI is InChI=1S/C25H25ClN2OS/c1-5-25(27,14-18-8-6-7-9-19(18)17-10-11-17)24-28-23(16(3)30-24)20-12-15(2)22(29-4)13-21(20)26/h1,6-9,12-13,17H,10-11,14,27H2,2-4H3. The highest BCUT2D eigenvalue weighted by Crippen LogP contribution is 2.43. The molecule has 1 fully saturated rings. The maximum Gasteiger partial charge on any atom is 0.134 e. The molecule has 1 aromatic heterocycles. The number of nitrogens with zero attached hydrogens (tertiary/aromatic N) is 1. The summed E-state index contributed by atoms with van der Waals surface area (Å²) in [5, 5.41) is 1.34. The van der Waals surface area contributed by atoms with Gasteiger partial charge in [0.15, 0.2) is 0 Å². The number of hydrogen-bond acceptors (Lipinski definition) is 4. The first-order valence-electron chi connectivity index (χ1n) is 10.0. The lowest BCUT2D eigenvalue weighted by molar-refractivity contribution is 0.412. The van der Waals surface area contributed by atoms with Crippen molar-refractivity contribution in [2.45, 2.75) is 44.6 Å². The number of aryl methyl sites for hydroxylation is 2. The van der Waals surface area contributed by atoms with Gasteiger partial charge < -0.3 is 10.5 Å². The van der Waals surface area contributed by atoms with Crippen LogP contribution in [0.15, 0.2) is 36.4 Å². The number of nitrogens with two attached hydrogens (primary N) is 1. The molecular weight excluding hydrogens is 412 g/mol. The van der Waals surface area contributed by atoms with Gasteiger partial charge in [0.05, 0.1) is 17.8 Å². The zero-order valence-electron chi connectivity index (χ0n) is 17.5. The fourth-order valence-electron chi connectivity index (χ4n) is 3.88. The highest BCUT2D eigenvalue weighted by atomic mass is 35.5. The van der Waals surface area contributed by atoms with E-state index in [1.807, 2.05) is 26.0 Å². The Bertz CT molecular complexity index is 1140. The molecule has 2 N–H and O–H groups in total. The predicted molar refractivity (Wildman–Crippen MR) is 125 cm³/mol. The number of halogens is 1. The maximum atomic E-state index is 6.77. The highest BCUT2D eigenvalue weighted by Gasteiger charge is 2.33. The SMILES string of the molecule is C#CC(N)(Cc1ccccc1C1CC1)c1nc(-c2cc(C)c(OC)cc2Cl)c(C)s1. The van der Waals surface area contributed by atoms with Gasteiger partial charge in [0.2, 0.25) is 0 Å². The van der Waals surface area contributed by atoms with Crippen LogP contribution < -0.4 is 10.5 Å². The Hall–Kier alpha value is -2.32. The minimum absolute atomic E-state index is 0.567. The Labute approximate surface area is 187 Å². The first kappa shape index (κ1) is 20.9. The van der Waals surface area contributed by atoms with Crippen molar-refractivity contribution in [2.75, 3.05) is 7.11 Å². The van der Waals surface area contributed by atoms with Crippen LogP contribution in [0.25, 0.3) is 11.3 Å². The van der Waals surface area contributed by atoms with Gasteiger partial charge >= 0.3 is 0 Å². The minimum Gasteiger partial charge on any atom is -0.496 e. The van der Waals surface area contributed by atoms with Gasteiger partial charge in [-0.15, -0.1) is 17.8 Å². The summed E-state index contributed by atoms with van der Waals surface area (Å²) in [6.45, 7) is 4.02. The normalized spacial score (nSPS) is 15.5. The largest absolute Gasteiger partial charge is 0.496 e. The summed E-state index contributed by atoms with van der Waals surface area (Å²) in [5.74, 6) is 4.23. The van der Waals surface area contributed by atoms with Crippen LogP contribution >= 0.6 is 22.9 Å². The molecule has 1 saturated carbocycles. The summed E-state index contributed by atoms with van der Waals surface area (Å²) in [6.07, 6.45) is 9.01. The monoisotopic (exact) mass is 436 g/mol. The van der Waals surface area contributed by atoms with E-state index >= 15 is 0 Å². The van der Waals surface area contributed by atoms with Crippen LogP contribution in [-0.4, -0.2) is 12.1 Å². The highest BCUT2D eigenvalue weighted by molar-refractivity contribution is 7.12. The summed E-state index contributed by atoms with van der Waals surface area (Å²) in [6, 6.07) is 12.3. The van der Waals surface area contributed by atoms with E-state index in [1.165, 1.54) is 24.0 Å². The van der Waals surface area contributed by atoms with Crippen LogP contribution in [0.4, 0.5) is 0 Å². The number of hydrogen-bond donors (Lipinski definition) is 1. The number of ether oxygens (including phenoxy) is 1. The summed E-state index contributed by atoms with van der Waals surface area (Å²) in [4.78, 5) is 5.93. The Kier molecular flexibility index (Phi) is 5.63. The van der Waals surface area contributed by atoms with Gasteiger partial charge in [-0.2, -0.15) is 0 Å². The summed E-state index contributed by atoms with van der Waals surface area (Å²) in [5.41, 5.74) is 11.1. The van der Waals surface area contributed by atoms with Crippen molar-refractivity contribution >= 4 is 22.9 Å². The third kappa shape index (κ3) is 3.86. The smallest absolute Gasteiger partial charge is 0.134 e. The molecule has 154 valence electrons. The van der Waals surface area contributed by atoms with Crippen LogP contribution in [0.5, 0.6) is 5.75 Å². The molecular formula is C25H25ClN2OS. The number of aromatic nitrogens is 1. The lowest BCUT2D eigenvalue weighted by atomic mass is 9.89. The second kappa shape index (κ2) is 8.07. The second-order valence-corrected chi connectivity index (χ2v) is 9.60. The zero-order chi connectivity index (χ0) is 21.5. The van der Waals surface area contributed by atoms with Gasteiger partial charge in [-0.1, -0.05) is 41.8 Å². The molecule has 3 aromatic rings. The molecule has 0 aliphatic heterocycles. The minimum atomic E-state index is -0.966.